The summed E-state index contributed by atoms with van der Waals surface area (Å²) in [6.07, 6.45) is 16.1. The smallest absolute Gasteiger partial charge is 0.0796 e. The van der Waals surface area contributed by atoms with Gasteiger partial charge < -0.3 is 16.7 Å². The molecule has 0 aromatic carbocycles. The molecule has 118 valence electrons. The molecular formula is C18H36N2. The molecule has 0 aromatic rings. The highest BCUT2D eigenvalue weighted by Crippen LogP contribution is 2.09. The summed E-state index contributed by atoms with van der Waals surface area (Å²) in [6.45, 7) is 13.8. The Morgan fingerprint density at radius 3 is 2.05 bits per heavy atom. The van der Waals surface area contributed by atoms with Gasteiger partial charge in [0.05, 0.1) is 19.6 Å². The van der Waals surface area contributed by atoms with Crippen molar-refractivity contribution in [3.8, 4) is 0 Å². The van der Waals surface area contributed by atoms with Crippen LogP contribution in [0, 0.1) is 17.8 Å². The van der Waals surface area contributed by atoms with Crippen LogP contribution < -0.4 is 4.90 Å². The van der Waals surface area contributed by atoms with Gasteiger partial charge in [-0.05, 0) is 25.7 Å². The van der Waals surface area contributed by atoms with E-state index in [1.54, 1.807) is 0 Å². The molecule has 0 radical (unpaired) electrons. The molecule has 20 heavy (non-hydrogen) atoms. The zero-order chi connectivity index (χ0) is 15.1. The van der Waals surface area contributed by atoms with E-state index in [9.17, 15) is 0 Å². The first-order chi connectivity index (χ1) is 9.83. The van der Waals surface area contributed by atoms with Crippen molar-refractivity contribution in [3.05, 3.63) is 6.57 Å². The van der Waals surface area contributed by atoms with Gasteiger partial charge in [-0.3, -0.25) is 0 Å². The Kier molecular flexibility index (Phi) is 14.4. The Morgan fingerprint density at radius 1 is 0.950 bits per heavy atom. The second-order valence-corrected chi connectivity index (χ2v) is 6.53. The summed E-state index contributed by atoms with van der Waals surface area (Å²) in [5.74, 6) is 0.979. The van der Waals surface area contributed by atoms with E-state index in [2.05, 4.69) is 13.8 Å². The lowest BCUT2D eigenvalue weighted by Crippen LogP contribution is -3.13. The molecule has 0 bridgehead atoms. The zero-order valence-electron chi connectivity index (χ0n) is 13.9. The van der Waals surface area contributed by atoms with Gasteiger partial charge in [-0.1, -0.05) is 58.8 Å². The highest BCUT2D eigenvalue weighted by molar-refractivity contribution is 4.55. The Bertz CT molecular complexity index is 213. The van der Waals surface area contributed by atoms with E-state index in [1.807, 2.05) is 4.90 Å². The van der Waals surface area contributed by atoms with Gasteiger partial charge in [-0.25, -0.2) is 0 Å². The fourth-order valence-corrected chi connectivity index (χ4v) is 3.31. The van der Waals surface area contributed by atoms with Gasteiger partial charge in [0.2, 0.25) is 0 Å². The minimum Gasteiger partial charge on any atom is -0.512 e. The van der Waals surface area contributed by atoms with Crippen LogP contribution in [-0.2, 0) is 0 Å². The lowest BCUT2D eigenvalue weighted by Gasteiger charge is -2.27. The number of likely N-dealkylation sites (tertiary alicyclic amines) is 1. The molecule has 1 aliphatic rings. The van der Waals surface area contributed by atoms with Crippen LogP contribution in [0.1, 0.15) is 84.5 Å². The van der Waals surface area contributed by atoms with Gasteiger partial charge in [0.25, 0.3) is 0 Å². The number of piperidine rings is 1. The lowest BCUT2D eigenvalue weighted by molar-refractivity contribution is -0.908. The summed E-state index contributed by atoms with van der Waals surface area (Å²) < 4.78 is 0. The molecule has 1 rings (SSSR count). The molecule has 2 heteroatoms. The summed E-state index contributed by atoms with van der Waals surface area (Å²) in [4.78, 5) is 1.89. The number of hydrogen-bond donors (Lipinski definition) is 1. The molecule has 0 saturated carbocycles. The van der Waals surface area contributed by atoms with Gasteiger partial charge in [-0.15, -0.1) is 0 Å². The SMILES string of the molecule is CCCCCCCCCCC[NH+]1CCCC(C)C1.[C-]#N. The van der Waals surface area contributed by atoms with Crippen molar-refractivity contribution in [2.45, 2.75) is 84.5 Å². The quantitative estimate of drug-likeness (QED) is 0.476. The molecule has 2 nitrogen and oxygen atoms in total. The number of nitrogens with zero attached hydrogens (tertiary/aromatic N) is 1. The van der Waals surface area contributed by atoms with Crippen LogP contribution in [-0.4, -0.2) is 19.6 Å². The molecule has 1 fully saturated rings. The largest absolute Gasteiger partial charge is 0.512 e. The molecule has 0 amide bonds. The molecule has 1 heterocycles. The maximum atomic E-state index is 6.25. The Balaban J connectivity index is 0.00000172. The second-order valence-electron chi connectivity index (χ2n) is 6.53. The van der Waals surface area contributed by atoms with E-state index in [-0.39, 0.29) is 0 Å². The first-order valence-electron chi connectivity index (χ1n) is 8.89. The van der Waals surface area contributed by atoms with E-state index in [1.165, 1.54) is 90.3 Å². The Morgan fingerprint density at radius 2 is 1.50 bits per heavy atom. The van der Waals surface area contributed by atoms with Crippen LogP contribution in [0.15, 0.2) is 0 Å². The summed E-state index contributed by atoms with van der Waals surface area (Å²) in [7, 11) is 0. The van der Waals surface area contributed by atoms with Crippen molar-refractivity contribution in [2.24, 2.45) is 5.92 Å². The molecular weight excluding hydrogens is 244 g/mol. The third-order valence-corrected chi connectivity index (χ3v) is 4.50. The van der Waals surface area contributed by atoms with E-state index in [0.29, 0.717) is 0 Å². The molecule has 2 atom stereocenters. The second kappa shape index (κ2) is 14.9. The average Bonchev–Trinajstić information content (AvgIpc) is 2.48. The third-order valence-electron chi connectivity index (χ3n) is 4.50. The number of nitrogens with one attached hydrogen (secondary N) is 1. The number of quaternary nitrogens is 1. The van der Waals surface area contributed by atoms with Gasteiger partial charge in [0.15, 0.2) is 0 Å². The lowest BCUT2D eigenvalue weighted by atomic mass is 10.00. The third kappa shape index (κ3) is 11.3. The van der Waals surface area contributed by atoms with Gasteiger partial charge in [-0.2, -0.15) is 0 Å². The fourth-order valence-electron chi connectivity index (χ4n) is 3.31. The van der Waals surface area contributed by atoms with Crippen LogP contribution in [0.25, 0.3) is 0 Å². The zero-order valence-corrected chi connectivity index (χ0v) is 13.9. The van der Waals surface area contributed by atoms with E-state index in [0.717, 1.165) is 5.92 Å². The summed E-state index contributed by atoms with van der Waals surface area (Å²) >= 11 is 0. The van der Waals surface area contributed by atoms with Crippen LogP contribution in [0.3, 0.4) is 0 Å². The predicted molar refractivity (Wildman–Crippen MR) is 86.2 cm³/mol. The normalized spacial score (nSPS) is 22.0. The predicted octanol–water partition coefficient (Wildman–Crippen LogP) is 3.93. The minimum atomic E-state index is 0.979. The number of unbranched alkanes of at least 4 members (excludes halogenated alkanes) is 8. The Hall–Kier alpha value is -0.550. The standard InChI is InChI=1S/C17H35N.CN/c1-3-4-5-6-7-8-9-10-11-14-18-15-12-13-17(2)16-18;1-2/h17H,3-16H2,1-2H3;/q;-1/p+1. The Labute approximate surface area is 127 Å². The number of hydrogen-bond acceptors (Lipinski definition) is 1. The fraction of sp³-hybridized carbons (Fsp3) is 0.944. The molecule has 0 spiro atoms. The molecule has 0 aliphatic carbocycles. The maximum Gasteiger partial charge on any atom is 0.0796 e. The molecule has 1 N–H and O–H groups in total. The van der Waals surface area contributed by atoms with Gasteiger partial charge in [0, 0.05) is 5.92 Å². The average molecular weight is 280 g/mol. The minimum absolute atomic E-state index is 0.979. The van der Waals surface area contributed by atoms with Crippen molar-refractivity contribution >= 4 is 0 Å². The molecule has 1 aliphatic heterocycles. The van der Waals surface area contributed by atoms with E-state index < -0.39 is 0 Å². The summed E-state index contributed by atoms with van der Waals surface area (Å²) in [5, 5.41) is 6.25. The monoisotopic (exact) mass is 280 g/mol. The highest BCUT2D eigenvalue weighted by atomic mass is 15.1. The summed E-state index contributed by atoms with van der Waals surface area (Å²) in [5.41, 5.74) is 0. The van der Waals surface area contributed by atoms with E-state index in [4.69, 9.17) is 11.8 Å². The van der Waals surface area contributed by atoms with Gasteiger partial charge >= 0.3 is 0 Å². The van der Waals surface area contributed by atoms with Crippen LogP contribution in [0.4, 0.5) is 0 Å². The van der Waals surface area contributed by atoms with Crippen molar-refractivity contribution in [2.75, 3.05) is 19.6 Å². The maximum absolute atomic E-state index is 6.25. The van der Waals surface area contributed by atoms with Crippen molar-refractivity contribution in [1.82, 2.24) is 0 Å². The van der Waals surface area contributed by atoms with E-state index >= 15 is 0 Å². The van der Waals surface area contributed by atoms with Crippen molar-refractivity contribution in [1.29, 1.82) is 5.26 Å². The van der Waals surface area contributed by atoms with Crippen LogP contribution in [0.2, 0.25) is 0 Å². The molecule has 1 saturated heterocycles. The van der Waals surface area contributed by atoms with Crippen LogP contribution >= 0.6 is 0 Å². The van der Waals surface area contributed by atoms with Crippen molar-refractivity contribution < 1.29 is 4.90 Å². The number of rotatable bonds is 10. The molecule has 2 unspecified atom stereocenters. The summed E-state index contributed by atoms with van der Waals surface area (Å²) in [6, 6.07) is 0. The van der Waals surface area contributed by atoms with Crippen LogP contribution in [0.5, 0.6) is 0 Å². The molecule has 0 aromatic heterocycles. The highest BCUT2D eigenvalue weighted by Gasteiger charge is 2.18. The topological polar surface area (TPSA) is 28.2 Å². The first kappa shape index (κ1) is 19.4. The first-order valence-corrected chi connectivity index (χ1v) is 8.89. The van der Waals surface area contributed by atoms with Crippen molar-refractivity contribution in [3.63, 3.8) is 0 Å². The van der Waals surface area contributed by atoms with Gasteiger partial charge in [0.1, 0.15) is 0 Å².